The molecule has 1 aromatic rings. The van der Waals surface area contributed by atoms with Crippen molar-refractivity contribution in [2.45, 2.75) is 44.8 Å². The van der Waals surface area contributed by atoms with E-state index in [2.05, 4.69) is 15.2 Å². The molecule has 2 saturated heterocycles. The van der Waals surface area contributed by atoms with Crippen molar-refractivity contribution in [1.29, 1.82) is 0 Å². The summed E-state index contributed by atoms with van der Waals surface area (Å²) >= 11 is 0. The van der Waals surface area contributed by atoms with Gasteiger partial charge in [-0.05, 0) is 32.9 Å². The first-order valence-corrected chi connectivity index (χ1v) is 8.46. The third kappa shape index (κ3) is 3.76. The van der Waals surface area contributed by atoms with Gasteiger partial charge >= 0.3 is 5.69 Å². The molecule has 2 atom stereocenters. The van der Waals surface area contributed by atoms with Gasteiger partial charge in [0.1, 0.15) is 6.54 Å². The summed E-state index contributed by atoms with van der Waals surface area (Å²) in [5.41, 5.74) is -0.597. The smallest absolute Gasteiger partial charge is 0.328 e. The van der Waals surface area contributed by atoms with Gasteiger partial charge in [0.25, 0.3) is 5.56 Å². The quantitative estimate of drug-likeness (QED) is 0.751. The molecule has 0 saturated carbocycles. The molecule has 1 amide bonds. The third-order valence-electron chi connectivity index (χ3n) is 4.76. The van der Waals surface area contributed by atoms with Gasteiger partial charge in [0.15, 0.2) is 0 Å². The van der Waals surface area contributed by atoms with E-state index in [-0.39, 0.29) is 24.5 Å². The molecule has 0 aromatic carbocycles. The number of carbonyl (C=O) groups is 1. The molecular weight excluding hydrogens is 312 g/mol. The molecule has 24 heavy (non-hydrogen) atoms. The Balaban J connectivity index is 1.63. The number of nitrogens with one attached hydrogen (secondary N) is 2. The molecule has 3 rings (SSSR count). The lowest BCUT2D eigenvalue weighted by molar-refractivity contribution is -0.122. The van der Waals surface area contributed by atoms with Crippen molar-refractivity contribution in [1.82, 2.24) is 19.8 Å². The van der Waals surface area contributed by atoms with Crippen molar-refractivity contribution < 1.29 is 9.53 Å². The molecular formula is C16H24N4O4. The third-order valence-corrected chi connectivity index (χ3v) is 4.76. The molecule has 2 aliphatic rings. The van der Waals surface area contributed by atoms with Crippen molar-refractivity contribution in [2.24, 2.45) is 0 Å². The van der Waals surface area contributed by atoms with E-state index in [1.807, 2.05) is 0 Å². The molecule has 2 N–H and O–H groups in total. The monoisotopic (exact) mass is 336 g/mol. The van der Waals surface area contributed by atoms with E-state index >= 15 is 0 Å². The zero-order chi connectivity index (χ0) is 17.1. The lowest BCUT2D eigenvalue weighted by atomic mass is 10.0. The van der Waals surface area contributed by atoms with Crippen LogP contribution in [-0.4, -0.2) is 58.7 Å². The van der Waals surface area contributed by atoms with E-state index in [1.54, 1.807) is 6.92 Å². The molecule has 0 aliphatic carbocycles. The maximum absolute atomic E-state index is 12.3. The molecule has 0 spiro atoms. The summed E-state index contributed by atoms with van der Waals surface area (Å²) in [6.07, 6.45) is 5.04. The predicted molar refractivity (Wildman–Crippen MR) is 88.0 cm³/mol. The van der Waals surface area contributed by atoms with Crippen LogP contribution in [0.15, 0.2) is 15.8 Å². The fourth-order valence-corrected chi connectivity index (χ4v) is 3.43. The second-order valence-corrected chi connectivity index (χ2v) is 6.57. The maximum Gasteiger partial charge on any atom is 0.328 e. The highest BCUT2D eigenvalue weighted by Crippen LogP contribution is 2.18. The summed E-state index contributed by atoms with van der Waals surface area (Å²) in [6, 6.07) is 0.137. The number of carbonyl (C=O) groups excluding carboxylic acids is 1. The largest absolute Gasteiger partial charge is 0.378 e. The van der Waals surface area contributed by atoms with Crippen molar-refractivity contribution in [3.8, 4) is 0 Å². The average molecular weight is 336 g/mol. The fourth-order valence-electron chi connectivity index (χ4n) is 3.43. The lowest BCUT2D eigenvalue weighted by Crippen LogP contribution is -2.53. The molecule has 2 aliphatic heterocycles. The number of rotatable bonds is 4. The number of aryl methyl sites for hydroxylation is 1. The molecule has 0 unspecified atom stereocenters. The Morgan fingerprint density at radius 2 is 2.04 bits per heavy atom. The zero-order valence-corrected chi connectivity index (χ0v) is 13.9. The van der Waals surface area contributed by atoms with Crippen LogP contribution in [0.1, 0.15) is 24.8 Å². The second kappa shape index (κ2) is 7.31. The minimum absolute atomic E-state index is 0.0600. The van der Waals surface area contributed by atoms with Gasteiger partial charge in [-0.1, -0.05) is 6.42 Å². The van der Waals surface area contributed by atoms with Gasteiger partial charge < -0.3 is 10.1 Å². The molecule has 8 nitrogen and oxygen atoms in total. The predicted octanol–water partition coefficient (Wildman–Crippen LogP) is -0.785. The summed E-state index contributed by atoms with van der Waals surface area (Å²) in [5.74, 6) is -0.249. The fraction of sp³-hybridized carbons (Fsp3) is 0.688. The van der Waals surface area contributed by atoms with E-state index in [0.29, 0.717) is 18.8 Å². The summed E-state index contributed by atoms with van der Waals surface area (Å²) in [5, 5.41) is 2.98. The van der Waals surface area contributed by atoms with Gasteiger partial charge in [-0.15, -0.1) is 0 Å². The summed E-state index contributed by atoms with van der Waals surface area (Å²) in [7, 11) is 0. The number of amides is 1. The number of nitrogens with zero attached hydrogens (tertiary/aromatic N) is 2. The van der Waals surface area contributed by atoms with Crippen LogP contribution in [0.5, 0.6) is 0 Å². The second-order valence-electron chi connectivity index (χ2n) is 6.57. The summed E-state index contributed by atoms with van der Waals surface area (Å²) in [6.45, 7) is 4.69. The van der Waals surface area contributed by atoms with Crippen molar-refractivity contribution in [3.05, 3.63) is 32.6 Å². The summed E-state index contributed by atoms with van der Waals surface area (Å²) in [4.78, 5) is 40.1. The minimum atomic E-state index is -0.573. The van der Waals surface area contributed by atoms with E-state index in [9.17, 15) is 14.4 Å². The Morgan fingerprint density at radius 1 is 1.29 bits per heavy atom. The number of aromatic nitrogens is 2. The highest BCUT2D eigenvalue weighted by molar-refractivity contribution is 5.76. The van der Waals surface area contributed by atoms with E-state index in [0.717, 1.165) is 13.1 Å². The Labute approximate surface area is 139 Å². The first-order chi connectivity index (χ1) is 11.5. The van der Waals surface area contributed by atoms with E-state index < -0.39 is 11.2 Å². The average Bonchev–Trinajstić information content (AvgIpc) is 3.01. The topological polar surface area (TPSA) is 96.4 Å². The van der Waals surface area contributed by atoms with Gasteiger partial charge in [0.05, 0.1) is 25.3 Å². The SMILES string of the molecule is Cc1cn(CC(=O)N[C@@H]2COC[C@H]2N2CCCCC2)c(=O)[nH]c1=O. The Bertz CT molecular complexity index is 705. The Morgan fingerprint density at radius 3 is 2.79 bits per heavy atom. The number of hydrogen-bond donors (Lipinski definition) is 2. The Kier molecular flexibility index (Phi) is 5.15. The van der Waals surface area contributed by atoms with Crippen LogP contribution >= 0.6 is 0 Å². The summed E-state index contributed by atoms with van der Waals surface area (Å²) < 4.78 is 6.78. The van der Waals surface area contributed by atoms with E-state index in [4.69, 9.17) is 4.74 Å². The van der Waals surface area contributed by atoms with Gasteiger partial charge in [-0.25, -0.2) is 4.79 Å². The van der Waals surface area contributed by atoms with Crippen LogP contribution < -0.4 is 16.6 Å². The number of likely N-dealkylation sites (tertiary alicyclic amines) is 1. The van der Waals surface area contributed by atoms with Crippen LogP contribution in [0.3, 0.4) is 0 Å². The molecule has 8 heteroatoms. The van der Waals surface area contributed by atoms with Crippen LogP contribution in [-0.2, 0) is 16.1 Å². The molecule has 3 heterocycles. The molecule has 0 bridgehead atoms. The lowest BCUT2D eigenvalue weighted by Gasteiger charge is -2.34. The number of hydrogen-bond acceptors (Lipinski definition) is 5. The standard InChI is InChI=1S/C16H24N4O4/c1-11-7-20(16(23)18-15(11)22)8-14(21)17-12-9-24-10-13(12)19-5-3-2-4-6-19/h7,12-13H,2-6,8-10H2,1H3,(H,17,21)(H,18,22,23)/t12-,13-/m1/s1. The molecule has 2 fully saturated rings. The van der Waals surface area contributed by atoms with Crippen LogP contribution in [0.25, 0.3) is 0 Å². The zero-order valence-electron chi connectivity index (χ0n) is 13.9. The minimum Gasteiger partial charge on any atom is -0.378 e. The normalized spacial score (nSPS) is 24.9. The molecule has 0 radical (unpaired) electrons. The van der Waals surface area contributed by atoms with Crippen molar-refractivity contribution in [3.63, 3.8) is 0 Å². The first-order valence-electron chi connectivity index (χ1n) is 8.46. The number of piperidine rings is 1. The van der Waals surface area contributed by atoms with Gasteiger partial charge in [0, 0.05) is 11.8 Å². The van der Waals surface area contributed by atoms with Crippen LogP contribution in [0.4, 0.5) is 0 Å². The molecule has 1 aromatic heterocycles. The van der Waals surface area contributed by atoms with Gasteiger partial charge in [-0.3, -0.25) is 24.0 Å². The highest BCUT2D eigenvalue weighted by Gasteiger charge is 2.34. The maximum atomic E-state index is 12.3. The number of H-pyrrole nitrogens is 1. The van der Waals surface area contributed by atoms with Crippen LogP contribution in [0, 0.1) is 6.92 Å². The van der Waals surface area contributed by atoms with Crippen LogP contribution in [0.2, 0.25) is 0 Å². The molecule has 132 valence electrons. The van der Waals surface area contributed by atoms with E-state index in [1.165, 1.54) is 30.0 Å². The highest BCUT2D eigenvalue weighted by atomic mass is 16.5. The Hall–Kier alpha value is -1.93. The van der Waals surface area contributed by atoms with Crippen molar-refractivity contribution >= 4 is 5.91 Å². The van der Waals surface area contributed by atoms with Crippen molar-refractivity contribution in [2.75, 3.05) is 26.3 Å². The number of aromatic amines is 1. The number of ether oxygens (including phenoxy) is 1. The van der Waals surface area contributed by atoms with Gasteiger partial charge in [-0.2, -0.15) is 0 Å². The van der Waals surface area contributed by atoms with Gasteiger partial charge in [0.2, 0.25) is 5.91 Å². The first kappa shape index (κ1) is 16.9.